The average Bonchev–Trinajstić information content (AvgIpc) is 2.69. The van der Waals surface area contributed by atoms with Crippen LogP contribution in [0.4, 0.5) is 10.6 Å². The van der Waals surface area contributed by atoms with Gasteiger partial charge in [-0.05, 0) is 13.8 Å². The van der Waals surface area contributed by atoms with Crippen molar-refractivity contribution in [3.63, 3.8) is 0 Å². The van der Waals surface area contributed by atoms with E-state index in [0.29, 0.717) is 5.82 Å². The summed E-state index contributed by atoms with van der Waals surface area (Å²) in [5.41, 5.74) is 0.741. The summed E-state index contributed by atoms with van der Waals surface area (Å²) in [5.74, 6) is 0.546. The van der Waals surface area contributed by atoms with Gasteiger partial charge in [0.2, 0.25) is 3.79 Å². The van der Waals surface area contributed by atoms with E-state index in [4.69, 9.17) is 39.5 Å². The molecule has 0 atom stereocenters. The molecule has 1 N–H and O–H groups in total. The molecule has 1 aromatic heterocycles. The van der Waals surface area contributed by atoms with E-state index in [1.54, 1.807) is 4.68 Å². The van der Waals surface area contributed by atoms with Crippen LogP contribution >= 0.6 is 34.8 Å². The highest BCUT2D eigenvalue weighted by Gasteiger charge is 2.24. The number of hydrogen-bond acceptors (Lipinski definition) is 3. The molecule has 120 valence electrons. The van der Waals surface area contributed by atoms with E-state index in [0.717, 1.165) is 5.69 Å². The summed E-state index contributed by atoms with van der Waals surface area (Å²) in [6.07, 6.45) is -0.691. The van der Waals surface area contributed by atoms with Crippen molar-refractivity contribution in [2.45, 2.75) is 49.9 Å². The van der Waals surface area contributed by atoms with Crippen molar-refractivity contribution < 1.29 is 9.53 Å². The van der Waals surface area contributed by atoms with Crippen molar-refractivity contribution in [1.82, 2.24) is 9.78 Å². The molecule has 0 spiro atoms. The highest BCUT2D eigenvalue weighted by molar-refractivity contribution is 6.67. The fourth-order valence-corrected chi connectivity index (χ4v) is 1.70. The van der Waals surface area contributed by atoms with Gasteiger partial charge in [-0.2, -0.15) is 5.10 Å². The van der Waals surface area contributed by atoms with Crippen LogP contribution in [0.5, 0.6) is 0 Å². The maximum absolute atomic E-state index is 11.7. The van der Waals surface area contributed by atoms with Gasteiger partial charge in [-0.1, -0.05) is 55.6 Å². The summed E-state index contributed by atoms with van der Waals surface area (Å²) in [4.78, 5) is 11.7. The lowest BCUT2D eigenvalue weighted by Crippen LogP contribution is -2.22. The van der Waals surface area contributed by atoms with Crippen LogP contribution in [0.1, 0.15) is 46.4 Å². The lowest BCUT2D eigenvalue weighted by Gasteiger charge is -2.15. The van der Waals surface area contributed by atoms with E-state index in [1.165, 1.54) is 0 Å². The molecule has 5 nitrogen and oxygen atoms in total. The number of carbonyl (C=O) groups is 1. The van der Waals surface area contributed by atoms with Gasteiger partial charge in [0.25, 0.3) is 0 Å². The molecule has 0 aromatic carbocycles. The number of halogens is 3. The Labute approximate surface area is 139 Å². The first kappa shape index (κ1) is 18.4. The number of aromatic nitrogens is 2. The first-order valence-corrected chi connectivity index (χ1v) is 7.64. The maximum atomic E-state index is 11.7. The van der Waals surface area contributed by atoms with E-state index in [1.807, 2.05) is 40.7 Å². The SMILES string of the molecule is CC(C)n1nc(C(C)(C)C)cc1NC(=O)OCC(Cl)(Cl)Cl. The van der Waals surface area contributed by atoms with Gasteiger partial charge in [0.1, 0.15) is 12.4 Å². The number of nitrogens with one attached hydrogen (secondary N) is 1. The molecule has 0 aliphatic rings. The molecule has 1 heterocycles. The van der Waals surface area contributed by atoms with Crippen LogP contribution in [0.15, 0.2) is 6.07 Å². The summed E-state index contributed by atoms with van der Waals surface area (Å²) >= 11 is 16.6. The number of alkyl halides is 3. The Bertz CT molecular complexity index is 502. The molecule has 0 unspecified atom stereocenters. The molecule has 0 aliphatic carbocycles. The smallest absolute Gasteiger partial charge is 0.412 e. The molecule has 21 heavy (non-hydrogen) atoms. The molecule has 1 amide bonds. The van der Waals surface area contributed by atoms with Crippen LogP contribution in [-0.2, 0) is 10.2 Å². The third-order valence-electron chi connectivity index (χ3n) is 2.59. The van der Waals surface area contributed by atoms with E-state index in [9.17, 15) is 4.79 Å². The van der Waals surface area contributed by atoms with Gasteiger partial charge in [0.15, 0.2) is 0 Å². The Balaban J connectivity index is 2.87. The molecule has 0 bridgehead atoms. The molecule has 8 heteroatoms. The van der Waals surface area contributed by atoms with Crippen molar-refractivity contribution in [3.05, 3.63) is 11.8 Å². The minimum Gasteiger partial charge on any atom is -0.445 e. The largest absolute Gasteiger partial charge is 0.445 e. The van der Waals surface area contributed by atoms with Crippen molar-refractivity contribution in [1.29, 1.82) is 0 Å². The first-order valence-electron chi connectivity index (χ1n) is 6.50. The summed E-state index contributed by atoms with van der Waals surface area (Å²) in [6.45, 7) is 9.75. The third-order valence-corrected chi connectivity index (χ3v) is 2.92. The van der Waals surface area contributed by atoms with E-state index in [2.05, 4.69) is 10.4 Å². The number of ether oxygens (including phenoxy) is 1. The molecule has 0 aliphatic heterocycles. The lowest BCUT2D eigenvalue weighted by molar-refractivity contribution is 0.163. The van der Waals surface area contributed by atoms with Crippen LogP contribution in [-0.4, -0.2) is 26.3 Å². The number of amides is 1. The van der Waals surface area contributed by atoms with Crippen molar-refractivity contribution in [2.24, 2.45) is 0 Å². The standard InChI is InChI=1S/C13H20Cl3N3O2/c1-8(2)19-10(6-9(18-19)12(3,4)5)17-11(20)21-7-13(14,15)16/h6,8H,7H2,1-5H3,(H,17,20). The Hall–Kier alpha value is -0.650. The van der Waals surface area contributed by atoms with Gasteiger partial charge in [0.05, 0.1) is 5.69 Å². The summed E-state index contributed by atoms with van der Waals surface area (Å²) in [5, 5.41) is 7.13. The third kappa shape index (κ3) is 5.93. The first-order chi connectivity index (χ1) is 9.40. The summed E-state index contributed by atoms with van der Waals surface area (Å²) < 4.78 is 4.94. The van der Waals surface area contributed by atoms with Gasteiger partial charge in [-0.25, -0.2) is 9.48 Å². The zero-order chi connectivity index (χ0) is 16.4. The van der Waals surface area contributed by atoms with Gasteiger partial charge in [-0.3, -0.25) is 5.32 Å². The number of hydrogen-bond donors (Lipinski definition) is 1. The fourth-order valence-electron chi connectivity index (χ4n) is 1.54. The van der Waals surface area contributed by atoms with E-state index in [-0.39, 0.29) is 18.1 Å². The molecule has 0 saturated carbocycles. The second kappa shape index (κ2) is 6.63. The van der Waals surface area contributed by atoms with E-state index < -0.39 is 9.89 Å². The van der Waals surface area contributed by atoms with Gasteiger partial charge in [0, 0.05) is 17.5 Å². The predicted molar refractivity (Wildman–Crippen MR) is 86.6 cm³/mol. The molecule has 1 rings (SSSR count). The Morgan fingerprint density at radius 2 is 1.95 bits per heavy atom. The van der Waals surface area contributed by atoms with Crippen molar-refractivity contribution >= 4 is 46.7 Å². The van der Waals surface area contributed by atoms with Crippen LogP contribution in [0, 0.1) is 0 Å². The summed E-state index contributed by atoms with van der Waals surface area (Å²) in [6, 6.07) is 1.90. The van der Waals surface area contributed by atoms with Gasteiger partial charge in [-0.15, -0.1) is 0 Å². The lowest BCUT2D eigenvalue weighted by atomic mass is 9.92. The predicted octanol–water partition coefficient (Wildman–Crippen LogP) is 4.68. The monoisotopic (exact) mass is 355 g/mol. The molecular weight excluding hydrogens is 337 g/mol. The van der Waals surface area contributed by atoms with Crippen LogP contribution < -0.4 is 5.32 Å². The number of carbonyl (C=O) groups excluding carboxylic acids is 1. The molecule has 0 fully saturated rings. The summed E-state index contributed by atoms with van der Waals surface area (Å²) in [7, 11) is 0. The molecule has 0 radical (unpaired) electrons. The normalized spacial score (nSPS) is 12.6. The zero-order valence-electron chi connectivity index (χ0n) is 12.7. The topological polar surface area (TPSA) is 56.2 Å². The van der Waals surface area contributed by atoms with Crippen molar-refractivity contribution in [3.8, 4) is 0 Å². The van der Waals surface area contributed by atoms with Crippen LogP contribution in [0.25, 0.3) is 0 Å². The Morgan fingerprint density at radius 1 is 1.38 bits per heavy atom. The van der Waals surface area contributed by atoms with Crippen LogP contribution in [0.3, 0.4) is 0 Å². The Kier molecular flexibility index (Phi) is 5.81. The molecule has 0 saturated heterocycles. The quantitative estimate of drug-likeness (QED) is 0.800. The Morgan fingerprint density at radius 3 is 2.38 bits per heavy atom. The molecular formula is C13H20Cl3N3O2. The average molecular weight is 357 g/mol. The van der Waals surface area contributed by atoms with Gasteiger partial charge < -0.3 is 4.74 Å². The fraction of sp³-hybridized carbons (Fsp3) is 0.692. The number of nitrogens with zero attached hydrogens (tertiary/aromatic N) is 2. The maximum Gasteiger partial charge on any atom is 0.412 e. The minimum absolute atomic E-state index is 0.0876. The van der Waals surface area contributed by atoms with E-state index >= 15 is 0 Å². The number of rotatable bonds is 3. The zero-order valence-corrected chi connectivity index (χ0v) is 15.0. The van der Waals surface area contributed by atoms with Crippen LogP contribution in [0.2, 0.25) is 0 Å². The second-order valence-corrected chi connectivity index (χ2v) is 8.54. The number of anilines is 1. The minimum atomic E-state index is -1.63. The molecule has 1 aromatic rings. The van der Waals surface area contributed by atoms with Gasteiger partial charge >= 0.3 is 6.09 Å². The van der Waals surface area contributed by atoms with Crippen molar-refractivity contribution in [2.75, 3.05) is 11.9 Å². The highest BCUT2D eigenvalue weighted by Crippen LogP contribution is 2.27. The highest BCUT2D eigenvalue weighted by atomic mass is 35.6. The second-order valence-electron chi connectivity index (χ2n) is 6.02.